The molecule has 0 saturated carbocycles. The van der Waals surface area contributed by atoms with Gasteiger partial charge in [-0.3, -0.25) is 4.79 Å². The van der Waals surface area contributed by atoms with E-state index in [1.807, 2.05) is 12.1 Å². The fraction of sp³-hybridized carbons (Fsp3) is 0.0769. The van der Waals surface area contributed by atoms with Crippen molar-refractivity contribution in [3.8, 4) is 11.8 Å². The maximum atomic E-state index is 11.6. The summed E-state index contributed by atoms with van der Waals surface area (Å²) < 4.78 is 1.37. The predicted octanol–water partition coefficient (Wildman–Crippen LogP) is 2.13. The van der Waals surface area contributed by atoms with E-state index >= 15 is 0 Å². The van der Waals surface area contributed by atoms with Gasteiger partial charge in [-0.2, -0.15) is 5.26 Å². The molecular formula is C13H9ClN2O2. The van der Waals surface area contributed by atoms with Crippen molar-refractivity contribution < 1.29 is 5.11 Å². The third-order valence-electron chi connectivity index (χ3n) is 2.47. The molecule has 5 heteroatoms. The molecule has 0 atom stereocenters. The van der Waals surface area contributed by atoms with Crippen LogP contribution in [-0.2, 0) is 6.54 Å². The van der Waals surface area contributed by atoms with Crippen molar-refractivity contribution in [3.05, 3.63) is 63.0 Å². The zero-order valence-corrected chi connectivity index (χ0v) is 10.1. The largest absolute Gasteiger partial charge is 0.506 e. The molecule has 0 aliphatic heterocycles. The first-order valence-corrected chi connectivity index (χ1v) is 5.56. The van der Waals surface area contributed by atoms with Crippen LogP contribution in [0.2, 0.25) is 5.02 Å². The number of halogens is 1. The summed E-state index contributed by atoms with van der Waals surface area (Å²) in [7, 11) is 0. The lowest BCUT2D eigenvalue weighted by atomic mass is 10.1. The minimum absolute atomic E-state index is 0.117. The lowest BCUT2D eigenvalue weighted by Crippen LogP contribution is -2.18. The van der Waals surface area contributed by atoms with Gasteiger partial charge in [-0.05, 0) is 17.7 Å². The molecule has 0 saturated heterocycles. The van der Waals surface area contributed by atoms with Gasteiger partial charge in [0.15, 0.2) is 0 Å². The SMILES string of the molecule is N#Cc1cccc(Cn2cc(Cl)c(O)cc2=O)c1. The molecule has 1 aromatic carbocycles. The molecule has 1 N–H and O–H groups in total. The highest BCUT2D eigenvalue weighted by Gasteiger charge is 2.04. The van der Waals surface area contributed by atoms with E-state index in [0.717, 1.165) is 11.6 Å². The van der Waals surface area contributed by atoms with Crippen LogP contribution in [0.3, 0.4) is 0 Å². The summed E-state index contributed by atoms with van der Waals surface area (Å²) in [6, 6.07) is 10.1. The first kappa shape index (κ1) is 12.2. The summed E-state index contributed by atoms with van der Waals surface area (Å²) in [5, 5.41) is 18.2. The molecule has 0 spiro atoms. The van der Waals surface area contributed by atoms with Gasteiger partial charge >= 0.3 is 0 Å². The van der Waals surface area contributed by atoms with Gasteiger partial charge in [-0.15, -0.1) is 0 Å². The van der Waals surface area contributed by atoms with Crippen molar-refractivity contribution in [2.24, 2.45) is 0 Å². The van der Waals surface area contributed by atoms with E-state index in [1.54, 1.807) is 18.2 Å². The fourth-order valence-corrected chi connectivity index (χ4v) is 1.77. The Kier molecular flexibility index (Phi) is 3.35. The summed E-state index contributed by atoms with van der Waals surface area (Å²) in [6.07, 6.45) is 1.37. The van der Waals surface area contributed by atoms with E-state index in [0.29, 0.717) is 12.1 Å². The lowest BCUT2D eigenvalue weighted by Gasteiger charge is -2.07. The minimum atomic E-state index is -0.348. The Morgan fingerprint density at radius 3 is 2.89 bits per heavy atom. The van der Waals surface area contributed by atoms with Crippen molar-refractivity contribution in [2.75, 3.05) is 0 Å². The van der Waals surface area contributed by atoms with Crippen LogP contribution in [0.1, 0.15) is 11.1 Å². The van der Waals surface area contributed by atoms with E-state index in [2.05, 4.69) is 0 Å². The Bertz CT molecular complexity index is 686. The second-order valence-electron chi connectivity index (χ2n) is 3.78. The van der Waals surface area contributed by atoms with E-state index in [4.69, 9.17) is 16.9 Å². The summed E-state index contributed by atoms with van der Waals surface area (Å²) in [5.41, 5.74) is 1.00. The van der Waals surface area contributed by atoms with Gasteiger partial charge in [-0.25, -0.2) is 0 Å². The van der Waals surface area contributed by atoms with Crippen molar-refractivity contribution in [3.63, 3.8) is 0 Å². The van der Waals surface area contributed by atoms with Gasteiger partial charge in [-0.1, -0.05) is 23.7 Å². The molecule has 18 heavy (non-hydrogen) atoms. The minimum Gasteiger partial charge on any atom is -0.506 e. The van der Waals surface area contributed by atoms with Gasteiger partial charge in [0.2, 0.25) is 0 Å². The maximum Gasteiger partial charge on any atom is 0.254 e. The predicted molar refractivity (Wildman–Crippen MR) is 67.6 cm³/mol. The summed E-state index contributed by atoms with van der Waals surface area (Å²) in [5.74, 6) is -0.233. The first-order chi connectivity index (χ1) is 8.60. The van der Waals surface area contributed by atoms with Crippen LogP contribution >= 0.6 is 11.6 Å². The molecule has 90 valence electrons. The Labute approximate surface area is 108 Å². The van der Waals surface area contributed by atoms with Crippen molar-refractivity contribution in [1.29, 1.82) is 5.26 Å². The molecular weight excluding hydrogens is 252 g/mol. The average Bonchev–Trinajstić information content (AvgIpc) is 2.36. The number of nitrogens with zero attached hydrogens (tertiary/aromatic N) is 2. The average molecular weight is 261 g/mol. The van der Waals surface area contributed by atoms with Crippen LogP contribution in [-0.4, -0.2) is 9.67 Å². The molecule has 2 aromatic rings. The van der Waals surface area contributed by atoms with Crippen molar-refractivity contribution in [1.82, 2.24) is 4.57 Å². The monoisotopic (exact) mass is 260 g/mol. The highest BCUT2D eigenvalue weighted by molar-refractivity contribution is 6.31. The molecule has 0 aliphatic rings. The number of benzene rings is 1. The molecule has 0 fully saturated rings. The first-order valence-electron chi connectivity index (χ1n) is 5.18. The standard InChI is InChI=1S/C13H9ClN2O2/c14-11-8-16(13(18)5-12(11)17)7-10-3-1-2-9(4-10)6-15/h1-5,8,17H,7H2. The topological polar surface area (TPSA) is 66.0 Å². The second kappa shape index (κ2) is 4.94. The van der Waals surface area contributed by atoms with Gasteiger partial charge in [0.1, 0.15) is 5.75 Å². The third kappa shape index (κ3) is 2.53. The molecule has 0 bridgehead atoms. The molecule has 1 aromatic heterocycles. The van der Waals surface area contributed by atoms with E-state index in [9.17, 15) is 9.90 Å². The van der Waals surface area contributed by atoms with Gasteiger partial charge < -0.3 is 9.67 Å². The molecule has 2 rings (SSSR count). The molecule has 0 unspecified atom stereocenters. The Hall–Kier alpha value is -2.25. The lowest BCUT2D eigenvalue weighted by molar-refractivity contribution is 0.471. The number of rotatable bonds is 2. The number of nitriles is 1. The second-order valence-corrected chi connectivity index (χ2v) is 4.19. The van der Waals surface area contributed by atoms with Gasteiger partial charge in [0.05, 0.1) is 23.2 Å². The van der Waals surface area contributed by atoms with E-state index in [1.165, 1.54) is 10.8 Å². The zero-order valence-electron chi connectivity index (χ0n) is 9.30. The Morgan fingerprint density at radius 2 is 2.17 bits per heavy atom. The maximum absolute atomic E-state index is 11.6. The highest BCUT2D eigenvalue weighted by Crippen LogP contribution is 2.19. The number of aromatic hydroxyl groups is 1. The fourth-order valence-electron chi connectivity index (χ4n) is 1.59. The number of aromatic nitrogens is 1. The number of hydrogen-bond acceptors (Lipinski definition) is 3. The van der Waals surface area contributed by atoms with E-state index < -0.39 is 0 Å². The van der Waals surface area contributed by atoms with Crippen molar-refractivity contribution >= 4 is 11.6 Å². The summed E-state index contributed by atoms with van der Waals surface area (Å²) in [4.78, 5) is 11.6. The molecule has 0 radical (unpaired) electrons. The smallest absolute Gasteiger partial charge is 0.254 e. The summed E-state index contributed by atoms with van der Waals surface area (Å²) in [6.45, 7) is 0.300. The van der Waals surface area contributed by atoms with Gasteiger partial charge in [0.25, 0.3) is 5.56 Å². The van der Waals surface area contributed by atoms with Crippen LogP contribution in [0.25, 0.3) is 0 Å². The quantitative estimate of drug-likeness (QED) is 0.899. The van der Waals surface area contributed by atoms with Gasteiger partial charge in [0, 0.05) is 12.3 Å². The van der Waals surface area contributed by atoms with Crippen LogP contribution < -0.4 is 5.56 Å². The van der Waals surface area contributed by atoms with Crippen LogP contribution in [0.15, 0.2) is 41.3 Å². The summed E-state index contributed by atoms with van der Waals surface area (Å²) >= 11 is 5.75. The Balaban J connectivity index is 2.37. The number of hydrogen-bond donors (Lipinski definition) is 1. The molecule has 4 nitrogen and oxygen atoms in total. The molecule has 0 amide bonds. The van der Waals surface area contributed by atoms with Crippen LogP contribution in [0.4, 0.5) is 0 Å². The molecule has 0 aliphatic carbocycles. The van der Waals surface area contributed by atoms with Crippen LogP contribution in [0, 0.1) is 11.3 Å². The molecule has 1 heterocycles. The van der Waals surface area contributed by atoms with Crippen molar-refractivity contribution in [2.45, 2.75) is 6.54 Å². The van der Waals surface area contributed by atoms with Crippen LogP contribution in [0.5, 0.6) is 5.75 Å². The third-order valence-corrected chi connectivity index (χ3v) is 2.76. The Morgan fingerprint density at radius 1 is 1.39 bits per heavy atom. The van der Waals surface area contributed by atoms with E-state index in [-0.39, 0.29) is 16.3 Å². The number of pyridine rings is 1. The highest BCUT2D eigenvalue weighted by atomic mass is 35.5. The normalized spacial score (nSPS) is 10.0. The zero-order chi connectivity index (χ0) is 13.1.